The maximum Gasteiger partial charge on any atom is 0.191 e. The number of aliphatic imine (C=N–C) groups is 1. The summed E-state index contributed by atoms with van der Waals surface area (Å²) in [6.45, 7) is 8.43. The Morgan fingerprint density at radius 2 is 1.87 bits per heavy atom. The lowest BCUT2D eigenvalue weighted by atomic mass is 10.00. The van der Waals surface area contributed by atoms with E-state index in [2.05, 4.69) is 46.0 Å². The summed E-state index contributed by atoms with van der Waals surface area (Å²) in [6, 6.07) is 8.77. The molecule has 5 heteroatoms. The quantitative estimate of drug-likeness (QED) is 0.458. The Morgan fingerprint density at radius 3 is 2.61 bits per heavy atom. The van der Waals surface area contributed by atoms with Gasteiger partial charge >= 0.3 is 0 Å². The number of hydrogen-bond donors (Lipinski definition) is 1. The second-order valence-electron chi connectivity index (χ2n) is 6.70. The zero-order valence-corrected chi connectivity index (χ0v) is 16.4. The highest BCUT2D eigenvalue weighted by Crippen LogP contribution is 2.18. The Bertz CT molecular complexity index is 524. The number of halogens is 1. The number of hydrogen-bond acceptors (Lipinski definition) is 2. The Morgan fingerprint density at radius 1 is 1.17 bits per heavy atom. The molecule has 1 saturated heterocycles. The van der Waals surface area contributed by atoms with Crippen molar-refractivity contribution in [3.63, 3.8) is 0 Å². The highest BCUT2D eigenvalue weighted by molar-refractivity contribution is 14.0. The zero-order valence-electron chi connectivity index (χ0n) is 14.1. The molecule has 0 unspecified atom stereocenters. The van der Waals surface area contributed by atoms with E-state index >= 15 is 0 Å². The summed E-state index contributed by atoms with van der Waals surface area (Å²) in [5.74, 6) is 1.57. The van der Waals surface area contributed by atoms with Crippen LogP contribution < -0.4 is 5.73 Å². The van der Waals surface area contributed by atoms with Crippen molar-refractivity contribution in [2.45, 2.75) is 32.7 Å². The third-order valence-corrected chi connectivity index (χ3v) is 5.01. The highest BCUT2D eigenvalue weighted by atomic mass is 127. The Kier molecular flexibility index (Phi) is 7.14. The van der Waals surface area contributed by atoms with Gasteiger partial charge in [-0.15, -0.1) is 24.0 Å². The predicted octanol–water partition coefficient (Wildman–Crippen LogP) is 2.71. The number of piperidine rings is 1. The number of nitrogens with zero attached hydrogens (tertiary/aromatic N) is 3. The molecule has 1 aromatic rings. The van der Waals surface area contributed by atoms with Crippen molar-refractivity contribution in [1.29, 1.82) is 0 Å². The van der Waals surface area contributed by atoms with Gasteiger partial charge in [0.2, 0.25) is 0 Å². The number of benzene rings is 1. The lowest BCUT2D eigenvalue weighted by molar-refractivity contribution is 0.258. The molecule has 4 nitrogen and oxygen atoms in total. The molecule has 0 spiro atoms. The standard InChI is InChI=1S/C18H28N4.HI/c1-15-6-11-22(12-7-15)18(19)20-9-13-21-10-8-16-4-2-3-5-17(16)14-21;/h2-5,15H,6-14H2,1H3,(H2,19,20);1H. The first-order valence-electron chi connectivity index (χ1n) is 8.56. The van der Waals surface area contributed by atoms with Crippen molar-refractivity contribution in [3.05, 3.63) is 35.4 Å². The van der Waals surface area contributed by atoms with Gasteiger partial charge in [0.15, 0.2) is 5.96 Å². The topological polar surface area (TPSA) is 44.9 Å². The van der Waals surface area contributed by atoms with Crippen LogP contribution in [0.2, 0.25) is 0 Å². The third kappa shape index (κ3) is 5.08. The van der Waals surface area contributed by atoms with Crippen molar-refractivity contribution in [1.82, 2.24) is 9.80 Å². The summed E-state index contributed by atoms with van der Waals surface area (Å²) >= 11 is 0. The molecule has 1 aromatic carbocycles. The predicted molar refractivity (Wildman–Crippen MR) is 107 cm³/mol. The number of rotatable bonds is 3. The van der Waals surface area contributed by atoms with Gasteiger partial charge in [-0.2, -0.15) is 0 Å². The maximum absolute atomic E-state index is 6.14. The molecule has 3 rings (SSSR count). The van der Waals surface area contributed by atoms with Crippen LogP contribution in [0.15, 0.2) is 29.3 Å². The van der Waals surface area contributed by atoms with Crippen LogP contribution in [0.5, 0.6) is 0 Å². The largest absolute Gasteiger partial charge is 0.370 e. The molecule has 1 fully saturated rings. The van der Waals surface area contributed by atoms with E-state index in [0.717, 1.165) is 57.6 Å². The Balaban J connectivity index is 0.00000192. The molecular weight excluding hydrogens is 399 g/mol. The molecular formula is C18H29IN4. The van der Waals surface area contributed by atoms with Gasteiger partial charge < -0.3 is 10.6 Å². The maximum atomic E-state index is 6.14. The van der Waals surface area contributed by atoms with Crippen LogP contribution in [0.3, 0.4) is 0 Å². The van der Waals surface area contributed by atoms with Gasteiger partial charge in [0.25, 0.3) is 0 Å². The van der Waals surface area contributed by atoms with Crippen molar-refractivity contribution in [2.75, 3.05) is 32.7 Å². The SMILES string of the molecule is CC1CCN(C(N)=NCCN2CCc3ccccc3C2)CC1.I. The molecule has 2 aliphatic rings. The number of nitrogens with two attached hydrogens (primary N) is 1. The van der Waals surface area contributed by atoms with E-state index in [1.807, 2.05) is 0 Å². The average molecular weight is 428 g/mol. The Labute approximate surface area is 157 Å². The van der Waals surface area contributed by atoms with Crippen LogP contribution in [0.1, 0.15) is 30.9 Å². The summed E-state index contributed by atoms with van der Waals surface area (Å²) in [6.07, 6.45) is 3.62. The van der Waals surface area contributed by atoms with Crippen LogP contribution >= 0.6 is 24.0 Å². The van der Waals surface area contributed by atoms with Crippen LogP contribution in [-0.2, 0) is 13.0 Å². The number of fused-ring (bicyclic) bond motifs is 1. The summed E-state index contributed by atoms with van der Waals surface area (Å²) in [5.41, 5.74) is 9.12. The molecule has 0 bridgehead atoms. The first-order valence-corrected chi connectivity index (χ1v) is 8.56. The van der Waals surface area contributed by atoms with E-state index < -0.39 is 0 Å². The average Bonchev–Trinajstić information content (AvgIpc) is 2.55. The molecule has 0 amide bonds. The monoisotopic (exact) mass is 428 g/mol. The van der Waals surface area contributed by atoms with Gasteiger partial charge in [0, 0.05) is 32.7 Å². The van der Waals surface area contributed by atoms with Crippen molar-refractivity contribution < 1.29 is 0 Å². The van der Waals surface area contributed by atoms with E-state index in [1.54, 1.807) is 0 Å². The smallest absolute Gasteiger partial charge is 0.191 e. The minimum absolute atomic E-state index is 0. The molecule has 0 atom stereocenters. The molecule has 23 heavy (non-hydrogen) atoms. The van der Waals surface area contributed by atoms with E-state index in [0.29, 0.717) is 0 Å². The second-order valence-corrected chi connectivity index (χ2v) is 6.70. The van der Waals surface area contributed by atoms with Crippen LogP contribution in [0.4, 0.5) is 0 Å². The lowest BCUT2D eigenvalue weighted by Gasteiger charge is -2.31. The fraction of sp³-hybridized carbons (Fsp3) is 0.611. The van der Waals surface area contributed by atoms with E-state index in [9.17, 15) is 0 Å². The number of guanidine groups is 1. The molecule has 0 aliphatic carbocycles. The van der Waals surface area contributed by atoms with Crippen LogP contribution in [0.25, 0.3) is 0 Å². The molecule has 0 radical (unpaired) electrons. The molecule has 0 aromatic heterocycles. The van der Waals surface area contributed by atoms with Crippen molar-refractivity contribution >= 4 is 29.9 Å². The molecule has 128 valence electrons. The lowest BCUT2D eigenvalue weighted by Crippen LogP contribution is -2.43. The number of likely N-dealkylation sites (tertiary alicyclic amines) is 1. The van der Waals surface area contributed by atoms with Gasteiger partial charge in [-0.1, -0.05) is 31.2 Å². The molecule has 2 aliphatic heterocycles. The van der Waals surface area contributed by atoms with E-state index in [4.69, 9.17) is 5.73 Å². The fourth-order valence-corrected chi connectivity index (χ4v) is 3.39. The summed E-state index contributed by atoms with van der Waals surface area (Å²) < 4.78 is 0. The van der Waals surface area contributed by atoms with Crippen LogP contribution in [0, 0.1) is 5.92 Å². The Hall–Kier alpha value is -0.820. The van der Waals surface area contributed by atoms with Crippen molar-refractivity contribution in [3.8, 4) is 0 Å². The molecule has 2 heterocycles. The summed E-state index contributed by atoms with van der Waals surface area (Å²) in [7, 11) is 0. The van der Waals surface area contributed by atoms with Gasteiger partial charge in [-0.05, 0) is 36.3 Å². The van der Waals surface area contributed by atoms with E-state index in [-0.39, 0.29) is 24.0 Å². The summed E-state index contributed by atoms with van der Waals surface area (Å²) in [4.78, 5) is 9.33. The zero-order chi connectivity index (χ0) is 15.4. The normalized spacial score (nSPS) is 20.0. The highest BCUT2D eigenvalue weighted by Gasteiger charge is 2.17. The van der Waals surface area contributed by atoms with Gasteiger partial charge in [0.1, 0.15) is 0 Å². The van der Waals surface area contributed by atoms with Crippen molar-refractivity contribution in [2.24, 2.45) is 16.6 Å². The first kappa shape index (κ1) is 18.5. The second kappa shape index (κ2) is 8.87. The van der Waals surface area contributed by atoms with E-state index in [1.165, 1.54) is 24.0 Å². The third-order valence-electron chi connectivity index (χ3n) is 5.01. The minimum Gasteiger partial charge on any atom is -0.370 e. The van der Waals surface area contributed by atoms with Gasteiger partial charge in [-0.3, -0.25) is 9.89 Å². The molecule has 2 N–H and O–H groups in total. The van der Waals surface area contributed by atoms with Crippen LogP contribution in [-0.4, -0.2) is 48.5 Å². The van der Waals surface area contributed by atoms with Gasteiger partial charge in [-0.25, -0.2) is 0 Å². The minimum atomic E-state index is 0. The van der Waals surface area contributed by atoms with Gasteiger partial charge in [0.05, 0.1) is 6.54 Å². The summed E-state index contributed by atoms with van der Waals surface area (Å²) in [5, 5.41) is 0. The fourth-order valence-electron chi connectivity index (χ4n) is 3.39. The first-order chi connectivity index (χ1) is 10.7. The molecule has 0 saturated carbocycles.